The second kappa shape index (κ2) is 7.15. The summed E-state index contributed by atoms with van der Waals surface area (Å²) in [6.45, 7) is 3.50. The van der Waals surface area contributed by atoms with E-state index in [1.807, 2.05) is 26.0 Å². The van der Waals surface area contributed by atoms with Crippen LogP contribution in [-0.2, 0) is 4.79 Å². The smallest absolute Gasteiger partial charge is 0.349 e. The topological polar surface area (TPSA) is 72.8 Å². The summed E-state index contributed by atoms with van der Waals surface area (Å²) in [4.78, 5) is 23.0. The molecule has 0 saturated carbocycles. The number of carboxylic acids is 1. The van der Waals surface area contributed by atoms with E-state index in [0.29, 0.717) is 5.75 Å². The minimum Gasteiger partial charge on any atom is -0.482 e. The van der Waals surface area contributed by atoms with Crippen LogP contribution in [0, 0.1) is 13.8 Å². The predicted molar refractivity (Wildman–Crippen MR) is 85.5 cm³/mol. The third-order valence-corrected chi connectivity index (χ3v) is 3.31. The van der Waals surface area contributed by atoms with Crippen molar-refractivity contribution in [1.29, 1.82) is 0 Å². The van der Waals surface area contributed by atoms with Gasteiger partial charge in [0.15, 0.2) is 6.61 Å². The van der Waals surface area contributed by atoms with Gasteiger partial charge in [-0.3, -0.25) is 0 Å². The molecular weight excluding hydrogens is 320 g/mol. The van der Waals surface area contributed by atoms with Gasteiger partial charge in [0.25, 0.3) is 0 Å². The van der Waals surface area contributed by atoms with Crippen LogP contribution in [0.25, 0.3) is 0 Å². The van der Waals surface area contributed by atoms with Crippen LogP contribution in [0.2, 0.25) is 5.02 Å². The van der Waals surface area contributed by atoms with Gasteiger partial charge in [0.05, 0.1) is 0 Å². The number of carbonyl (C=O) groups is 2. The number of rotatable bonds is 5. The molecule has 0 fully saturated rings. The number of ether oxygens (including phenoxy) is 2. The molecule has 0 aromatic heterocycles. The fourth-order valence-corrected chi connectivity index (χ4v) is 2.18. The highest BCUT2D eigenvalue weighted by molar-refractivity contribution is 6.31. The highest BCUT2D eigenvalue weighted by atomic mass is 35.5. The Morgan fingerprint density at radius 3 is 2.43 bits per heavy atom. The Hall–Kier alpha value is -2.53. The second-order valence-corrected chi connectivity index (χ2v) is 5.41. The summed E-state index contributed by atoms with van der Waals surface area (Å²) in [6, 6.07) is 9.57. The van der Waals surface area contributed by atoms with Crippen molar-refractivity contribution in [2.45, 2.75) is 13.8 Å². The minimum atomic E-state index is -1.23. The van der Waals surface area contributed by atoms with Gasteiger partial charge in [-0.2, -0.15) is 0 Å². The van der Waals surface area contributed by atoms with Crippen molar-refractivity contribution in [3.63, 3.8) is 0 Å². The van der Waals surface area contributed by atoms with E-state index in [0.717, 1.165) is 11.1 Å². The van der Waals surface area contributed by atoms with Crippen LogP contribution in [-0.4, -0.2) is 23.7 Å². The lowest BCUT2D eigenvalue weighted by Crippen LogP contribution is -2.19. The monoisotopic (exact) mass is 334 g/mol. The van der Waals surface area contributed by atoms with Crippen molar-refractivity contribution >= 4 is 23.5 Å². The third kappa shape index (κ3) is 4.47. The average Bonchev–Trinajstić information content (AvgIpc) is 2.48. The van der Waals surface area contributed by atoms with E-state index in [4.69, 9.17) is 26.2 Å². The number of aryl methyl sites for hydroxylation is 2. The summed E-state index contributed by atoms with van der Waals surface area (Å²) in [5.74, 6) is -1.43. The van der Waals surface area contributed by atoms with Crippen LogP contribution in [0.4, 0.5) is 0 Å². The number of hydrogen-bond donors (Lipinski definition) is 1. The van der Waals surface area contributed by atoms with Crippen molar-refractivity contribution in [3.8, 4) is 11.5 Å². The van der Waals surface area contributed by atoms with Gasteiger partial charge in [0, 0.05) is 5.02 Å². The molecule has 1 N–H and O–H groups in total. The lowest BCUT2D eigenvalue weighted by Gasteiger charge is -2.11. The molecule has 0 amide bonds. The molecule has 0 atom stereocenters. The molecule has 0 heterocycles. The lowest BCUT2D eigenvalue weighted by atomic mass is 10.1. The van der Waals surface area contributed by atoms with Gasteiger partial charge in [-0.1, -0.05) is 29.3 Å². The zero-order chi connectivity index (χ0) is 17.0. The van der Waals surface area contributed by atoms with Gasteiger partial charge >= 0.3 is 11.9 Å². The summed E-state index contributed by atoms with van der Waals surface area (Å²) in [7, 11) is 0. The molecule has 0 aliphatic rings. The number of halogens is 1. The van der Waals surface area contributed by atoms with Gasteiger partial charge < -0.3 is 14.6 Å². The van der Waals surface area contributed by atoms with Crippen molar-refractivity contribution in [2.24, 2.45) is 0 Å². The summed E-state index contributed by atoms with van der Waals surface area (Å²) in [5, 5.41) is 9.34. The van der Waals surface area contributed by atoms with Gasteiger partial charge in [-0.25, -0.2) is 9.59 Å². The Labute approximate surface area is 138 Å². The van der Waals surface area contributed by atoms with E-state index >= 15 is 0 Å². The second-order valence-electron chi connectivity index (χ2n) is 4.98. The standard InChI is InChI=1S/C17H15ClO5/c1-10-3-5-14(11(2)7-10)22-9-16(19)23-15-6-4-12(18)8-13(15)17(20)21/h3-8H,9H2,1-2H3,(H,20,21). The predicted octanol–water partition coefficient (Wildman–Crippen LogP) is 3.64. The highest BCUT2D eigenvalue weighted by Crippen LogP contribution is 2.23. The van der Waals surface area contributed by atoms with E-state index in [1.165, 1.54) is 18.2 Å². The largest absolute Gasteiger partial charge is 0.482 e. The number of esters is 1. The van der Waals surface area contributed by atoms with E-state index in [1.54, 1.807) is 6.07 Å². The summed E-state index contributed by atoms with van der Waals surface area (Å²) >= 11 is 5.74. The summed E-state index contributed by atoms with van der Waals surface area (Å²) < 4.78 is 10.4. The fourth-order valence-electron chi connectivity index (χ4n) is 2.01. The number of carbonyl (C=O) groups excluding carboxylic acids is 1. The van der Waals surface area contributed by atoms with Crippen molar-refractivity contribution in [2.75, 3.05) is 6.61 Å². The van der Waals surface area contributed by atoms with E-state index in [-0.39, 0.29) is 22.9 Å². The van der Waals surface area contributed by atoms with Crippen LogP contribution in [0.15, 0.2) is 36.4 Å². The molecule has 0 unspecified atom stereocenters. The molecule has 2 rings (SSSR count). The average molecular weight is 335 g/mol. The quantitative estimate of drug-likeness (QED) is 0.667. The molecule has 5 nitrogen and oxygen atoms in total. The highest BCUT2D eigenvalue weighted by Gasteiger charge is 2.16. The Morgan fingerprint density at radius 1 is 1.09 bits per heavy atom. The van der Waals surface area contributed by atoms with Gasteiger partial charge in [0.2, 0.25) is 0 Å². The van der Waals surface area contributed by atoms with Gasteiger partial charge in [-0.05, 0) is 43.7 Å². The number of benzene rings is 2. The zero-order valence-corrected chi connectivity index (χ0v) is 13.4. The molecule has 0 bridgehead atoms. The lowest BCUT2D eigenvalue weighted by molar-refractivity contribution is -0.136. The third-order valence-electron chi connectivity index (χ3n) is 3.07. The zero-order valence-electron chi connectivity index (χ0n) is 12.6. The summed E-state index contributed by atoms with van der Waals surface area (Å²) in [5.41, 5.74) is 1.80. The van der Waals surface area contributed by atoms with Crippen molar-refractivity contribution in [1.82, 2.24) is 0 Å². The van der Waals surface area contributed by atoms with Crippen molar-refractivity contribution in [3.05, 3.63) is 58.1 Å². The fraction of sp³-hybridized carbons (Fsp3) is 0.176. The Kier molecular flexibility index (Phi) is 5.24. The molecule has 0 saturated heterocycles. The molecule has 6 heteroatoms. The van der Waals surface area contributed by atoms with Crippen LogP contribution >= 0.6 is 11.6 Å². The van der Waals surface area contributed by atoms with Crippen LogP contribution in [0.1, 0.15) is 21.5 Å². The van der Waals surface area contributed by atoms with Crippen LogP contribution in [0.3, 0.4) is 0 Å². The summed E-state index contributed by atoms with van der Waals surface area (Å²) in [6.07, 6.45) is 0. The first-order valence-corrected chi connectivity index (χ1v) is 7.18. The molecule has 2 aromatic carbocycles. The molecule has 0 aliphatic carbocycles. The minimum absolute atomic E-state index is 0.0730. The number of hydrogen-bond acceptors (Lipinski definition) is 4. The number of aromatic carboxylic acids is 1. The first-order valence-electron chi connectivity index (χ1n) is 6.80. The first kappa shape index (κ1) is 16.8. The first-order chi connectivity index (χ1) is 10.9. The van der Waals surface area contributed by atoms with Gasteiger partial charge in [-0.15, -0.1) is 0 Å². The Morgan fingerprint density at radius 2 is 1.78 bits per heavy atom. The van der Waals surface area contributed by atoms with E-state index in [2.05, 4.69) is 0 Å². The molecular formula is C17H15ClO5. The maximum atomic E-state index is 11.9. The maximum absolute atomic E-state index is 11.9. The Balaban J connectivity index is 2.04. The molecule has 0 aliphatic heterocycles. The maximum Gasteiger partial charge on any atom is 0.349 e. The Bertz CT molecular complexity index is 755. The number of carboxylic acid groups (broad SMARTS) is 1. The van der Waals surface area contributed by atoms with E-state index < -0.39 is 11.9 Å². The molecule has 0 spiro atoms. The van der Waals surface area contributed by atoms with E-state index in [9.17, 15) is 9.59 Å². The molecule has 0 radical (unpaired) electrons. The SMILES string of the molecule is Cc1ccc(OCC(=O)Oc2ccc(Cl)cc2C(=O)O)c(C)c1. The van der Waals surface area contributed by atoms with Crippen LogP contribution < -0.4 is 9.47 Å². The normalized spacial score (nSPS) is 10.2. The molecule has 23 heavy (non-hydrogen) atoms. The molecule has 2 aromatic rings. The van der Waals surface area contributed by atoms with Gasteiger partial charge in [0.1, 0.15) is 17.1 Å². The molecule has 120 valence electrons. The van der Waals surface area contributed by atoms with Crippen molar-refractivity contribution < 1.29 is 24.2 Å². The van der Waals surface area contributed by atoms with Crippen LogP contribution in [0.5, 0.6) is 11.5 Å².